The largest absolute Gasteiger partial charge is 0.398 e. The van der Waals surface area contributed by atoms with E-state index in [4.69, 9.17) is 23.1 Å². The third-order valence-corrected chi connectivity index (χ3v) is 2.24. The monoisotopic (exact) mass is 194 g/mol. The molecule has 0 amide bonds. The van der Waals surface area contributed by atoms with E-state index >= 15 is 0 Å². The molecule has 0 aliphatic heterocycles. The van der Waals surface area contributed by atoms with Gasteiger partial charge in [-0.05, 0) is 24.6 Å². The lowest BCUT2D eigenvalue weighted by Gasteiger charge is -2.03. The Kier molecular flexibility index (Phi) is 3.18. The molecule has 1 aromatic carbocycles. The van der Waals surface area contributed by atoms with E-state index in [9.17, 15) is 0 Å². The van der Waals surface area contributed by atoms with E-state index in [-0.39, 0.29) is 0 Å². The number of nitrogens with two attached hydrogens (primary N) is 2. The predicted molar refractivity (Wildman–Crippen MR) is 56.5 cm³/mol. The highest BCUT2D eigenvalue weighted by Crippen LogP contribution is 2.24. The summed E-state index contributed by atoms with van der Waals surface area (Å²) in [5.41, 5.74) is 13.2. The molecule has 1 rings (SSSR count). The molecular weight excluding hydrogens is 184 g/mol. The fourth-order valence-electron chi connectivity index (χ4n) is 0.943. The molecule has 1 aromatic rings. The lowest BCUT2D eigenvalue weighted by atomic mass is 10.1. The zero-order valence-corrected chi connectivity index (χ0v) is 8.15. The van der Waals surface area contributed by atoms with E-state index in [1.165, 1.54) is 0 Å². The van der Waals surface area contributed by atoms with Gasteiger partial charge in [0.05, 0.1) is 11.6 Å². The van der Waals surface area contributed by atoms with Crippen molar-refractivity contribution in [1.82, 2.24) is 0 Å². The maximum atomic E-state index is 6.01. The molecule has 0 spiro atoms. The Morgan fingerprint density at radius 1 is 1.46 bits per heavy atom. The van der Waals surface area contributed by atoms with Crippen LogP contribution in [0.2, 0.25) is 5.02 Å². The van der Waals surface area contributed by atoms with Crippen LogP contribution >= 0.6 is 11.6 Å². The van der Waals surface area contributed by atoms with Gasteiger partial charge in [0.2, 0.25) is 0 Å². The molecule has 0 radical (unpaired) electrons. The first-order chi connectivity index (χ1) is 6.16. The number of halogens is 1. The van der Waals surface area contributed by atoms with E-state index in [2.05, 4.69) is 11.8 Å². The minimum absolute atomic E-state index is 0.333. The van der Waals surface area contributed by atoms with Crippen LogP contribution in [0.4, 0.5) is 5.69 Å². The fourth-order valence-corrected chi connectivity index (χ4v) is 1.16. The molecule has 0 atom stereocenters. The standard InChI is InChI=1S/C10H11ClN2/c1-7-9(13)5-4-8(10(7)11)3-2-6-12/h4-5H,6,12-13H2,1H3. The summed E-state index contributed by atoms with van der Waals surface area (Å²) in [6.45, 7) is 2.20. The fraction of sp³-hybridized carbons (Fsp3) is 0.200. The summed E-state index contributed by atoms with van der Waals surface area (Å²) in [5.74, 6) is 5.62. The Hall–Kier alpha value is -1.17. The lowest BCUT2D eigenvalue weighted by Crippen LogP contribution is -1.94. The van der Waals surface area contributed by atoms with E-state index in [1.807, 2.05) is 6.92 Å². The van der Waals surface area contributed by atoms with Gasteiger partial charge in [0, 0.05) is 11.3 Å². The average Bonchev–Trinajstić information content (AvgIpc) is 2.13. The second-order valence-corrected chi connectivity index (χ2v) is 3.03. The summed E-state index contributed by atoms with van der Waals surface area (Å²) < 4.78 is 0. The first-order valence-electron chi connectivity index (χ1n) is 3.90. The molecule has 0 unspecified atom stereocenters. The first kappa shape index (κ1) is 9.91. The summed E-state index contributed by atoms with van der Waals surface area (Å²) in [6.07, 6.45) is 0. The summed E-state index contributed by atoms with van der Waals surface area (Å²) >= 11 is 6.01. The maximum Gasteiger partial charge on any atom is 0.0612 e. The molecule has 0 aliphatic carbocycles. The van der Waals surface area contributed by atoms with Gasteiger partial charge in [-0.25, -0.2) is 0 Å². The smallest absolute Gasteiger partial charge is 0.0612 e. The molecule has 2 nitrogen and oxygen atoms in total. The minimum Gasteiger partial charge on any atom is -0.398 e. The second kappa shape index (κ2) is 4.18. The zero-order chi connectivity index (χ0) is 9.84. The van der Waals surface area contributed by atoms with Crippen LogP contribution in [0, 0.1) is 18.8 Å². The second-order valence-electron chi connectivity index (χ2n) is 2.65. The number of benzene rings is 1. The average molecular weight is 195 g/mol. The molecular formula is C10H11ClN2. The summed E-state index contributed by atoms with van der Waals surface area (Å²) in [6, 6.07) is 3.59. The Labute approximate surface area is 82.9 Å². The summed E-state index contributed by atoms with van der Waals surface area (Å²) in [4.78, 5) is 0. The van der Waals surface area contributed by atoms with E-state index in [0.717, 1.165) is 11.1 Å². The van der Waals surface area contributed by atoms with Crippen LogP contribution in [0.15, 0.2) is 12.1 Å². The number of hydrogen-bond donors (Lipinski definition) is 2. The molecule has 4 N–H and O–H groups in total. The van der Waals surface area contributed by atoms with Gasteiger partial charge in [0.15, 0.2) is 0 Å². The van der Waals surface area contributed by atoms with Crippen molar-refractivity contribution in [3.05, 3.63) is 28.3 Å². The predicted octanol–water partition coefficient (Wildman–Crippen LogP) is 1.54. The molecule has 13 heavy (non-hydrogen) atoms. The van der Waals surface area contributed by atoms with Gasteiger partial charge in [-0.15, -0.1) is 0 Å². The first-order valence-corrected chi connectivity index (χ1v) is 4.28. The quantitative estimate of drug-likeness (QED) is 0.486. The van der Waals surface area contributed by atoms with E-state index in [0.29, 0.717) is 17.3 Å². The van der Waals surface area contributed by atoms with Gasteiger partial charge >= 0.3 is 0 Å². The van der Waals surface area contributed by atoms with Gasteiger partial charge in [-0.3, -0.25) is 0 Å². The van der Waals surface area contributed by atoms with Crippen molar-refractivity contribution < 1.29 is 0 Å². The Balaban J connectivity index is 3.18. The van der Waals surface area contributed by atoms with Gasteiger partial charge in [0.25, 0.3) is 0 Å². The molecule has 0 bridgehead atoms. The summed E-state index contributed by atoms with van der Waals surface area (Å²) in [7, 11) is 0. The molecule has 0 saturated carbocycles. The van der Waals surface area contributed by atoms with Crippen LogP contribution < -0.4 is 11.5 Å². The normalized spacial score (nSPS) is 9.15. The molecule has 3 heteroatoms. The van der Waals surface area contributed by atoms with Crippen LogP contribution in [-0.4, -0.2) is 6.54 Å². The number of hydrogen-bond acceptors (Lipinski definition) is 2. The van der Waals surface area contributed by atoms with E-state index in [1.54, 1.807) is 12.1 Å². The highest BCUT2D eigenvalue weighted by Gasteiger charge is 2.03. The molecule has 68 valence electrons. The Bertz CT molecular complexity index is 374. The minimum atomic E-state index is 0.333. The molecule has 0 fully saturated rings. The van der Waals surface area contributed by atoms with Crippen LogP contribution in [0.5, 0.6) is 0 Å². The topological polar surface area (TPSA) is 52.0 Å². The number of anilines is 1. The van der Waals surface area contributed by atoms with Crippen molar-refractivity contribution in [2.24, 2.45) is 5.73 Å². The SMILES string of the molecule is Cc1c(N)ccc(C#CCN)c1Cl. The maximum absolute atomic E-state index is 6.01. The van der Waals surface area contributed by atoms with E-state index < -0.39 is 0 Å². The third-order valence-electron chi connectivity index (χ3n) is 1.75. The van der Waals surface area contributed by atoms with Crippen molar-refractivity contribution in [2.75, 3.05) is 12.3 Å². The number of rotatable bonds is 0. The molecule has 0 heterocycles. The van der Waals surface area contributed by atoms with Crippen molar-refractivity contribution >= 4 is 17.3 Å². The van der Waals surface area contributed by atoms with Crippen molar-refractivity contribution in [2.45, 2.75) is 6.92 Å². The van der Waals surface area contributed by atoms with Crippen molar-refractivity contribution in [1.29, 1.82) is 0 Å². The highest BCUT2D eigenvalue weighted by molar-refractivity contribution is 6.32. The third kappa shape index (κ3) is 2.15. The van der Waals surface area contributed by atoms with Gasteiger partial charge < -0.3 is 11.5 Å². The van der Waals surface area contributed by atoms with Crippen molar-refractivity contribution in [3.8, 4) is 11.8 Å². The van der Waals surface area contributed by atoms with Gasteiger partial charge in [-0.1, -0.05) is 23.4 Å². The Morgan fingerprint density at radius 3 is 2.77 bits per heavy atom. The molecule has 0 aliphatic rings. The van der Waals surface area contributed by atoms with Crippen LogP contribution in [-0.2, 0) is 0 Å². The molecule has 0 aromatic heterocycles. The number of nitrogen functional groups attached to an aromatic ring is 1. The van der Waals surface area contributed by atoms with Gasteiger partial charge in [-0.2, -0.15) is 0 Å². The zero-order valence-electron chi connectivity index (χ0n) is 7.39. The summed E-state index contributed by atoms with van der Waals surface area (Å²) in [5, 5.41) is 0.612. The van der Waals surface area contributed by atoms with Crippen LogP contribution in [0.3, 0.4) is 0 Å². The van der Waals surface area contributed by atoms with Crippen LogP contribution in [0.25, 0.3) is 0 Å². The molecule has 0 saturated heterocycles. The van der Waals surface area contributed by atoms with Crippen molar-refractivity contribution in [3.63, 3.8) is 0 Å². The highest BCUT2D eigenvalue weighted by atomic mass is 35.5. The van der Waals surface area contributed by atoms with Gasteiger partial charge in [0.1, 0.15) is 0 Å². The Morgan fingerprint density at radius 2 is 2.15 bits per heavy atom. The van der Waals surface area contributed by atoms with Crippen LogP contribution in [0.1, 0.15) is 11.1 Å². The lowest BCUT2D eigenvalue weighted by molar-refractivity contribution is 1.30.